The Hall–Kier alpha value is -1.55. The summed E-state index contributed by atoms with van der Waals surface area (Å²) in [5, 5.41) is 9.29. The van der Waals surface area contributed by atoms with Crippen LogP contribution in [0.3, 0.4) is 0 Å². The van der Waals surface area contributed by atoms with Gasteiger partial charge in [0, 0.05) is 32.7 Å². The fraction of sp³-hybridized carbons (Fsp3) is 0.619. The molecule has 1 atom stereocenters. The van der Waals surface area contributed by atoms with Crippen LogP contribution < -0.4 is 20.7 Å². The predicted molar refractivity (Wildman–Crippen MR) is 129 cm³/mol. The van der Waals surface area contributed by atoms with Crippen molar-refractivity contribution in [2.75, 3.05) is 40.3 Å². The molecule has 0 saturated carbocycles. The fourth-order valence-corrected chi connectivity index (χ4v) is 3.53. The van der Waals surface area contributed by atoms with Crippen molar-refractivity contribution in [3.8, 4) is 5.75 Å². The maximum absolute atomic E-state index is 12.1. The first-order chi connectivity index (χ1) is 13.7. The number of ether oxygens (including phenoxy) is 1. The minimum Gasteiger partial charge on any atom is -0.497 e. The number of guanidine groups is 1. The molecule has 1 aromatic rings. The molecule has 1 fully saturated rings. The molecule has 0 bridgehead atoms. The maximum Gasteiger partial charge on any atom is 0.239 e. The van der Waals surface area contributed by atoms with Crippen molar-refractivity contribution in [3.05, 3.63) is 29.8 Å². The van der Waals surface area contributed by atoms with Gasteiger partial charge in [-0.1, -0.05) is 25.5 Å². The van der Waals surface area contributed by atoms with Crippen LogP contribution in [-0.2, 0) is 11.3 Å². The zero-order valence-electron chi connectivity index (χ0n) is 17.9. The number of rotatable bonds is 9. The van der Waals surface area contributed by atoms with Gasteiger partial charge in [0.2, 0.25) is 5.91 Å². The van der Waals surface area contributed by atoms with Crippen LogP contribution in [0.4, 0.5) is 0 Å². The van der Waals surface area contributed by atoms with E-state index < -0.39 is 0 Å². The van der Waals surface area contributed by atoms with E-state index in [2.05, 4.69) is 32.8 Å². The van der Waals surface area contributed by atoms with Gasteiger partial charge in [-0.15, -0.1) is 24.0 Å². The van der Waals surface area contributed by atoms with Gasteiger partial charge in [0.25, 0.3) is 0 Å². The first kappa shape index (κ1) is 25.5. The van der Waals surface area contributed by atoms with E-state index >= 15 is 0 Å². The fourth-order valence-electron chi connectivity index (χ4n) is 3.53. The molecule has 0 radical (unpaired) electrons. The number of carbonyl (C=O) groups excluding carboxylic acids is 1. The minimum absolute atomic E-state index is 0. The van der Waals surface area contributed by atoms with Gasteiger partial charge in [-0.25, -0.2) is 0 Å². The zero-order chi connectivity index (χ0) is 20.2. The highest BCUT2D eigenvalue weighted by molar-refractivity contribution is 14.0. The molecule has 1 amide bonds. The molecule has 3 N–H and O–H groups in total. The Labute approximate surface area is 192 Å². The lowest BCUT2D eigenvalue weighted by molar-refractivity contribution is -0.120. The Bertz CT molecular complexity index is 624. The second kappa shape index (κ2) is 14.4. The van der Waals surface area contributed by atoms with Gasteiger partial charge < -0.3 is 20.7 Å². The molecule has 1 heterocycles. The Morgan fingerprint density at radius 1 is 1.21 bits per heavy atom. The highest BCUT2D eigenvalue weighted by Gasteiger charge is 2.19. The third-order valence-electron chi connectivity index (χ3n) is 5.20. The SMILES string of the molecule is CCC1CCCCN1CCNC(=NC)NCC(=O)NCc1ccc(OC)cc1.I. The topological polar surface area (TPSA) is 78.0 Å². The average molecular weight is 517 g/mol. The molecule has 1 unspecified atom stereocenters. The highest BCUT2D eigenvalue weighted by atomic mass is 127. The number of hydrogen-bond donors (Lipinski definition) is 3. The van der Waals surface area contributed by atoms with Crippen LogP contribution in [0.2, 0.25) is 0 Å². The molecular formula is C21H36IN5O2. The van der Waals surface area contributed by atoms with Crippen molar-refractivity contribution >= 4 is 35.8 Å². The Kier molecular flexibility index (Phi) is 12.7. The van der Waals surface area contributed by atoms with E-state index in [9.17, 15) is 4.79 Å². The summed E-state index contributed by atoms with van der Waals surface area (Å²) in [6, 6.07) is 8.36. The molecule has 164 valence electrons. The monoisotopic (exact) mass is 517 g/mol. The zero-order valence-corrected chi connectivity index (χ0v) is 20.2. The lowest BCUT2D eigenvalue weighted by atomic mass is 10.0. The van der Waals surface area contributed by atoms with E-state index in [0.29, 0.717) is 18.5 Å². The number of benzene rings is 1. The van der Waals surface area contributed by atoms with Crippen molar-refractivity contribution < 1.29 is 9.53 Å². The van der Waals surface area contributed by atoms with Crippen molar-refractivity contribution in [1.82, 2.24) is 20.9 Å². The standard InChI is InChI=1S/C21H35N5O2.HI/c1-4-18-7-5-6-13-26(18)14-12-23-21(22-2)25-16-20(27)24-15-17-8-10-19(28-3)11-9-17;/h8-11,18H,4-7,12-16H2,1-3H3,(H,24,27)(H2,22,23,25);1H. The lowest BCUT2D eigenvalue weighted by Crippen LogP contribution is -2.47. The van der Waals surface area contributed by atoms with Gasteiger partial charge in [-0.3, -0.25) is 14.7 Å². The minimum atomic E-state index is -0.0687. The normalized spacial score (nSPS) is 17.2. The summed E-state index contributed by atoms with van der Waals surface area (Å²) < 4.78 is 5.13. The molecule has 0 spiro atoms. The van der Waals surface area contributed by atoms with E-state index in [-0.39, 0.29) is 36.4 Å². The van der Waals surface area contributed by atoms with Crippen LogP contribution >= 0.6 is 24.0 Å². The van der Waals surface area contributed by atoms with Gasteiger partial charge in [-0.05, 0) is 43.5 Å². The number of carbonyl (C=O) groups is 1. The number of nitrogens with zero attached hydrogens (tertiary/aromatic N) is 2. The van der Waals surface area contributed by atoms with Gasteiger partial charge >= 0.3 is 0 Å². The summed E-state index contributed by atoms with van der Waals surface area (Å²) in [6.07, 6.45) is 5.15. The van der Waals surface area contributed by atoms with Crippen molar-refractivity contribution in [3.63, 3.8) is 0 Å². The van der Waals surface area contributed by atoms with Gasteiger partial charge in [0.15, 0.2) is 5.96 Å². The summed E-state index contributed by atoms with van der Waals surface area (Å²) in [4.78, 5) is 18.8. The molecule has 2 rings (SSSR count). The number of methoxy groups -OCH3 is 1. The van der Waals surface area contributed by atoms with Crippen molar-refractivity contribution in [2.45, 2.75) is 45.2 Å². The van der Waals surface area contributed by atoms with Crippen LogP contribution in [0.15, 0.2) is 29.3 Å². The van der Waals surface area contributed by atoms with Crippen molar-refractivity contribution in [1.29, 1.82) is 0 Å². The van der Waals surface area contributed by atoms with E-state index in [1.807, 2.05) is 24.3 Å². The summed E-state index contributed by atoms with van der Waals surface area (Å²) in [5.41, 5.74) is 1.03. The number of halogens is 1. The number of amides is 1. The second-order valence-electron chi connectivity index (χ2n) is 7.07. The predicted octanol–water partition coefficient (Wildman–Crippen LogP) is 2.36. The van der Waals surface area contributed by atoms with E-state index in [4.69, 9.17) is 4.74 Å². The molecule has 1 aliphatic heterocycles. The summed E-state index contributed by atoms with van der Waals surface area (Å²) in [7, 11) is 3.36. The Balaban J connectivity index is 0.00000420. The smallest absolute Gasteiger partial charge is 0.239 e. The third kappa shape index (κ3) is 9.20. The van der Waals surface area contributed by atoms with Gasteiger partial charge in [-0.2, -0.15) is 0 Å². The quantitative estimate of drug-likeness (QED) is 0.267. The van der Waals surface area contributed by atoms with Crippen LogP contribution in [0.5, 0.6) is 5.75 Å². The van der Waals surface area contributed by atoms with Crippen LogP contribution in [0, 0.1) is 0 Å². The first-order valence-electron chi connectivity index (χ1n) is 10.2. The molecule has 1 aliphatic rings. The van der Waals surface area contributed by atoms with Crippen LogP contribution in [-0.4, -0.2) is 63.1 Å². The van der Waals surface area contributed by atoms with Gasteiger partial charge in [0.1, 0.15) is 5.75 Å². The Morgan fingerprint density at radius 3 is 2.62 bits per heavy atom. The van der Waals surface area contributed by atoms with Crippen molar-refractivity contribution in [2.24, 2.45) is 4.99 Å². The average Bonchev–Trinajstić information content (AvgIpc) is 2.75. The summed E-state index contributed by atoms with van der Waals surface area (Å²) in [5.74, 6) is 1.40. The largest absolute Gasteiger partial charge is 0.497 e. The number of likely N-dealkylation sites (tertiary alicyclic amines) is 1. The second-order valence-corrected chi connectivity index (χ2v) is 7.07. The lowest BCUT2D eigenvalue weighted by Gasteiger charge is -2.35. The maximum atomic E-state index is 12.1. The molecular weight excluding hydrogens is 481 g/mol. The van der Waals surface area contributed by atoms with Gasteiger partial charge in [0.05, 0.1) is 13.7 Å². The number of hydrogen-bond acceptors (Lipinski definition) is 4. The molecule has 0 aliphatic carbocycles. The summed E-state index contributed by atoms with van der Waals surface area (Å²) in [6.45, 7) is 5.95. The van der Waals surface area contributed by atoms with Crippen LogP contribution in [0.25, 0.3) is 0 Å². The molecule has 1 aromatic carbocycles. The highest BCUT2D eigenvalue weighted by Crippen LogP contribution is 2.18. The van der Waals surface area contributed by atoms with E-state index in [1.165, 1.54) is 32.2 Å². The van der Waals surface area contributed by atoms with Crippen LogP contribution in [0.1, 0.15) is 38.2 Å². The number of nitrogens with one attached hydrogen (secondary N) is 3. The Morgan fingerprint density at radius 2 is 1.97 bits per heavy atom. The molecule has 8 heteroatoms. The van der Waals surface area contributed by atoms with E-state index in [0.717, 1.165) is 24.4 Å². The molecule has 0 aromatic heterocycles. The number of piperidine rings is 1. The first-order valence-corrected chi connectivity index (χ1v) is 10.2. The molecule has 1 saturated heterocycles. The van der Waals surface area contributed by atoms with E-state index in [1.54, 1.807) is 14.2 Å². The molecule has 29 heavy (non-hydrogen) atoms. The summed E-state index contributed by atoms with van der Waals surface area (Å²) >= 11 is 0. The third-order valence-corrected chi connectivity index (χ3v) is 5.20. The molecule has 7 nitrogen and oxygen atoms in total. The number of aliphatic imine (C=N–C) groups is 1.